The standard InChI is InChI=1S/C25H32N4/c1-8-9-28-22-11-17(3)16(2)10-21(22)27-24(28)14-19-13-20-23(12-18(19)4)29(15-26-20)25(5,6)7/h10-13,15H,8-9,14H2,1-7H3. The molecule has 4 aromatic rings. The van der Waals surface area contributed by atoms with Crippen molar-refractivity contribution in [3.05, 3.63) is 58.7 Å². The van der Waals surface area contributed by atoms with Crippen LogP contribution in [0.25, 0.3) is 22.1 Å². The van der Waals surface area contributed by atoms with Crippen molar-refractivity contribution in [2.45, 2.75) is 73.4 Å². The molecule has 4 nitrogen and oxygen atoms in total. The van der Waals surface area contributed by atoms with Crippen LogP contribution in [0.5, 0.6) is 0 Å². The van der Waals surface area contributed by atoms with E-state index in [0.717, 1.165) is 36.2 Å². The van der Waals surface area contributed by atoms with Gasteiger partial charge in [-0.15, -0.1) is 0 Å². The van der Waals surface area contributed by atoms with Crippen LogP contribution in [0, 0.1) is 20.8 Å². The van der Waals surface area contributed by atoms with Gasteiger partial charge in [0.25, 0.3) is 0 Å². The van der Waals surface area contributed by atoms with Crippen molar-refractivity contribution in [1.82, 2.24) is 19.1 Å². The van der Waals surface area contributed by atoms with Gasteiger partial charge in [-0.1, -0.05) is 6.92 Å². The fourth-order valence-electron chi connectivity index (χ4n) is 4.14. The average molecular weight is 389 g/mol. The van der Waals surface area contributed by atoms with Gasteiger partial charge < -0.3 is 9.13 Å². The van der Waals surface area contributed by atoms with E-state index in [2.05, 4.69) is 86.8 Å². The molecule has 4 rings (SSSR count). The number of rotatable bonds is 4. The second-order valence-corrected chi connectivity index (χ2v) is 9.33. The van der Waals surface area contributed by atoms with Gasteiger partial charge >= 0.3 is 0 Å². The summed E-state index contributed by atoms with van der Waals surface area (Å²) in [6.45, 7) is 16.4. The summed E-state index contributed by atoms with van der Waals surface area (Å²) < 4.78 is 4.66. The summed E-state index contributed by atoms with van der Waals surface area (Å²) in [6.07, 6.45) is 3.89. The Balaban J connectivity index is 1.81. The molecule has 0 radical (unpaired) electrons. The maximum absolute atomic E-state index is 5.03. The molecular formula is C25H32N4. The third kappa shape index (κ3) is 3.45. The van der Waals surface area contributed by atoms with E-state index in [4.69, 9.17) is 4.98 Å². The number of benzene rings is 2. The van der Waals surface area contributed by atoms with Gasteiger partial charge in [-0.3, -0.25) is 0 Å². The Morgan fingerprint density at radius 3 is 2.24 bits per heavy atom. The Bertz CT molecular complexity index is 1200. The first kappa shape index (κ1) is 19.7. The summed E-state index contributed by atoms with van der Waals surface area (Å²) in [5, 5.41) is 0. The highest BCUT2D eigenvalue weighted by Crippen LogP contribution is 2.27. The lowest BCUT2D eigenvalue weighted by Gasteiger charge is -2.22. The molecule has 0 bridgehead atoms. The molecule has 0 fully saturated rings. The minimum Gasteiger partial charge on any atom is -0.328 e. The molecule has 2 aromatic carbocycles. The van der Waals surface area contributed by atoms with Gasteiger partial charge in [-0.25, -0.2) is 9.97 Å². The predicted octanol–water partition coefficient (Wildman–Crippen LogP) is 6.07. The number of aromatic nitrogens is 4. The van der Waals surface area contributed by atoms with Gasteiger partial charge in [0.15, 0.2) is 0 Å². The third-order valence-electron chi connectivity index (χ3n) is 5.97. The lowest BCUT2D eigenvalue weighted by Crippen LogP contribution is -2.20. The topological polar surface area (TPSA) is 35.6 Å². The van der Waals surface area contributed by atoms with E-state index in [1.54, 1.807) is 0 Å². The lowest BCUT2D eigenvalue weighted by atomic mass is 10.0. The highest BCUT2D eigenvalue weighted by Gasteiger charge is 2.18. The van der Waals surface area contributed by atoms with Crippen LogP contribution in [-0.4, -0.2) is 19.1 Å². The Kier molecular flexibility index (Phi) is 4.76. The van der Waals surface area contributed by atoms with Crippen molar-refractivity contribution in [2.75, 3.05) is 0 Å². The van der Waals surface area contributed by atoms with E-state index in [1.807, 2.05) is 6.33 Å². The zero-order valence-electron chi connectivity index (χ0n) is 18.8. The van der Waals surface area contributed by atoms with E-state index in [-0.39, 0.29) is 5.54 Å². The Morgan fingerprint density at radius 1 is 0.862 bits per heavy atom. The van der Waals surface area contributed by atoms with Crippen molar-refractivity contribution in [3.63, 3.8) is 0 Å². The van der Waals surface area contributed by atoms with Gasteiger partial charge in [-0.05, 0) is 94.5 Å². The molecule has 0 saturated carbocycles. The number of hydrogen-bond acceptors (Lipinski definition) is 2. The second-order valence-electron chi connectivity index (χ2n) is 9.33. The molecule has 0 spiro atoms. The SMILES string of the molecule is CCCn1c(Cc2cc3ncn(C(C)(C)C)c3cc2C)nc2cc(C)c(C)cc21. The largest absolute Gasteiger partial charge is 0.328 e. The molecule has 0 N–H and O–H groups in total. The second kappa shape index (κ2) is 7.01. The quantitative estimate of drug-likeness (QED) is 0.425. The fraction of sp³-hybridized carbons (Fsp3) is 0.440. The van der Waals surface area contributed by atoms with Gasteiger partial charge in [-0.2, -0.15) is 0 Å². The average Bonchev–Trinajstić information content (AvgIpc) is 3.18. The molecule has 0 amide bonds. The minimum absolute atomic E-state index is 0.0214. The van der Waals surface area contributed by atoms with Gasteiger partial charge in [0.1, 0.15) is 5.82 Å². The molecule has 0 atom stereocenters. The van der Waals surface area contributed by atoms with Crippen LogP contribution in [0.15, 0.2) is 30.6 Å². The summed E-state index contributed by atoms with van der Waals surface area (Å²) >= 11 is 0. The summed E-state index contributed by atoms with van der Waals surface area (Å²) in [6, 6.07) is 9.04. The number of hydrogen-bond donors (Lipinski definition) is 0. The molecule has 2 heterocycles. The zero-order chi connectivity index (χ0) is 20.9. The minimum atomic E-state index is 0.0214. The molecule has 0 aliphatic rings. The molecule has 4 heteroatoms. The van der Waals surface area contributed by atoms with Crippen LogP contribution < -0.4 is 0 Å². The van der Waals surface area contributed by atoms with Crippen LogP contribution >= 0.6 is 0 Å². The van der Waals surface area contributed by atoms with Crippen molar-refractivity contribution < 1.29 is 0 Å². The maximum Gasteiger partial charge on any atom is 0.114 e. The first-order valence-electron chi connectivity index (χ1n) is 10.6. The predicted molar refractivity (Wildman–Crippen MR) is 122 cm³/mol. The molecule has 0 aliphatic carbocycles. The summed E-state index contributed by atoms with van der Waals surface area (Å²) in [7, 11) is 0. The van der Waals surface area contributed by atoms with Crippen LogP contribution in [0.3, 0.4) is 0 Å². The maximum atomic E-state index is 5.03. The number of nitrogens with zero attached hydrogens (tertiary/aromatic N) is 4. The Morgan fingerprint density at radius 2 is 1.55 bits per heavy atom. The highest BCUT2D eigenvalue weighted by molar-refractivity contribution is 5.79. The van der Waals surface area contributed by atoms with Crippen molar-refractivity contribution >= 4 is 22.1 Å². The molecule has 2 aromatic heterocycles. The van der Waals surface area contributed by atoms with E-state index in [9.17, 15) is 0 Å². The number of imidazole rings is 2. The van der Waals surface area contributed by atoms with E-state index in [0.29, 0.717) is 0 Å². The highest BCUT2D eigenvalue weighted by atomic mass is 15.1. The van der Waals surface area contributed by atoms with Crippen molar-refractivity contribution in [3.8, 4) is 0 Å². The Labute approximate surface area is 173 Å². The fourth-order valence-corrected chi connectivity index (χ4v) is 4.14. The van der Waals surface area contributed by atoms with Gasteiger partial charge in [0.05, 0.1) is 28.4 Å². The molecule has 0 aliphatic heterocycles. The zero-order valence-corrected chi connectivity index (χ0v) is 18.8. The summed E-state index contributed by atoms with van der Waals surface area (Å²) in [5.74, 6) is 1.14. The molecule has 152 valence electrons. The molecule has 0 unspecified atom stereocenters. The van der Waals surface area contributed by atoms with Crippen LogP contribution in [0.4, 0.5) is 0 Å². The smallest absolute Gasteiger partial charge is 0.114 e. The summed E-state index contributed by atoms with van der Waals surface area (Å²) in [4.78, 5) is 9.72. The lowest BCUT2D eigenvalue weighted by molar-refractivity contribution is 0.408. The number of fused-ring (bicyclic) bond motifs is 2. The summed E-state index contributed by atoms with van der Waals surface area (Å²) in [5.41, 5.74) is 9.87. The normalized spacial score (nSPS) is 12.4. The molecular weight excluding hydrogens is 356 g/mol. The van der Waals surface area contributed by atoms with Crippen molar-refractivity contribution in [1.29, 1.82) is 0 Å². The van der Waals surface area contributed by atoms with Gasteiger partial charge in [0, 0.05) is 18.5 Å². The van der Waals surface area contributed by atoms with Gasteiger partial charge in [0.2, 0.25) is 0 Å². The first-order chi connectivity index (χ1) is 13.7. The van der Waals surface area contributed by atoms with Crippen molar-refractivity contribution in [2.24, 2.45) is 0 Å². The van der Waals surface area contributed by atoms with E-state index >= 15 is 0 Å². The monoisotopic (exact) mass is 388 g/mol. The van der Waals surface area contributed by atoms with Crippen LogP contribution in [0.1, 0.15) is 62.2 Å². The number of aryl methyl sites for hydroxylation is 4. The van der Waals surface area contributed by atoms with E-state index < -0.39 is 0 Å². The molecule has 29 heavy (non-hydrogen) atoms. The Hall–Kier alpha value is -2.62. The van der Waals surface area contributed by atoms with E-state index in [1.165, 1.54) is 33.3 Å². The van der Waals surface area contributed by atoms with Crippen LogP contribution in [0.2, 0.25) is 0 Å². The third-order valence-corrected chi connectivity index (χ3v) is 5.97. The molecule has 0 saturated heterocycles. The first-order valence-corrected chi connectivity index (χ1v) is 10.6. The van der Waals surface area contributed by atoms with Crippen LogP contribution in [-0.2, 0) is 18.5 Å².